The third-order valence-electron chi connectivity index (χ3n) is 4.65. The highest BCUT2D eigenvalue weighted by Gasteiger charge is 2.22. The molecule has 32 heavy (non-hydrogen) atoms. The lowest BCUT2D eigenvalue weighted by Crippen LogP contribution is -2.31. The van der Waals surface area contributed by atoms with Crippen molar-refractivity contribution in [3.63, 3.8) is 0 Å². The van der Waals surface area contributed by atoms with E-state index < -0.39 is 11.6 Å². The van der Waals surface area contributed by atoms with Gasteiger partial charge in [-0.2, -0.15) is 0 Å². The Balaban J connectivity index is 1.63. The molecule has 0 unspecified atom stereocenters. The van der Waals surface area contributed by atoms with Crippen LogP contribution in [0.1, 0.15) is 25.0 Å². The van der Waals surface area contributed by atoms with Crippen molar-refractivity contribution in [2.45, 2.75) is 37.0 Å². The van der Waals surface area contributed by atoms with E-state index in [1.807, 2.05) is 30.3 Å². The van der Waals surface area contributed by atoms with Gasteiger partial charge < -0.3 is 0 Å². The highest BCUT2D eigenvalue weighted by molar-refractivity contribution is 7.99. The number of carbonyl (C=O) groups is 1. The lowest BCUT2D eigenvalue weighted by molar-refractivity contribution is -0.118. The van der Waals surface area contributed by atoms with Crippen molar-refractivity contribution in [1.29, 1.82) is 0 Å². The standard InChI is InChI=1S/C24H21F2N3OS2/c1-15(2)31-19-7-5-16(6-8-19)10-22(30)29(14-17-4-3-9-27-13-17)24-28-23-20(26)11-18(25)12-21(23)32-24/h3-9,11-13,15H,10,14H2,1-2H3. The predicted octanol–water partition coefficient (Wildman–Crippen LogP) is 6.25. The fourth-order valence-electron chi connectivity index (χ4n) is 3.23. The molecule has 0 bridgehead atoms. The van der Waals surface area contributed by atoms with Crippen LogP contribution in [0.15, 0.2) is 65.8 Å². The summed E-state index contributed by atoms with van der Waals surface area (Å²) in [7, 11) is 0. The number of pyridine rings is 1. The normalized spacial score (nSPS) is 11.3. The van der Waals surface area contributed by atoms with Gasteiger partial charge in [0.25, 0.3) is 0 Å². The number of benzene rings is 2. The van der Waals surface area contributed by atoms with Crippen LogP contribution in [0.5, 0.6) is 0 Å². The first-order valence-corrected chi connectivity index (χ1v) is 11.8. The van der Waals surface area contributed by atoms with E-state index in [0.717, 1.165) is 33.4 Å². The number of hydrogen-bond acceptors (Lipinski definition) is 5. The molecule has 0 saturated heterocycles. The molecule has 8 heteroatoms. The molecule has 0 aliphatic rings. The molecular weight excluding hydrogens is 448 g/mol. The van der Waals surface area contributed by atoms with Crippen molar-refractivity contribution in [2.24, 2.45) is 0 Å². The zero-order chi connectivity index (χ0) is 22.7. The summed E-state index contributed by atoms with van der Waals surface area (Å²) >= 11 is 2.85. The number of halogens is 2. The van der Waals surface area contributed by atoms with Gasteiger partial charge in [-0.1, -0.05) is 43.4 Å². The summed E-state index contributed by atoms with van der Waals surface area (Å²) in [4.78, 5) is 24.4. The first-order chi connectivity index (χ1) is 15.4. The molecule has 0 aliphatic heterocycles. The zero-order valence-corrected chi connectivity index (χ0v) is 19.2. The van der Waals surface area contributed by atoms with E-state index in [0.29, 0.717) is 15.1 Å². The fraction of sp³-hybridized carbons (Fsp3) is 0.208. The summed E-state index contributed by atoms with van der Waals surface area (Å²) in [5.74, 6) is -1.60. The Morgan fingerprint density at radius 2 is 1.91 bits per heavy atom. The maximum atomic E-state index is 14.2. The maximum Gasteiger partial charge on any atom is 0.233 e. The molecule has 0 aliphatic carbocycles. The molecule has 0 fully saturated rings. The predicted molar refractivity (Wildman–Crippen MR) is 126 cm³/mol. The lowest BCUT2D eigenvalue weighted by atomic mass is 10.1. The number of hydrogen-bond donors (Lipinski definition) is 0. The largest absolute Gasteiger partial charge is 0.283 e. The Morgan fingerprint density at radius 1 is 1.12 bits per heavy atom. The molecule has 0 N–H and O–H groups in total. The first kappa shape index (κ1) is 22.4. The molecule has 1 amide bonds. The summed E-state index contributed by atoms with van der Waals surface area (Å²) in [5.41, 5.74) is 1.75. The average Bonchev–Trinajstić information content (AvgIpc) is 3.18. The van der Waals surface area contributed by atoms with Crippen molar-refractivity contribution >= 4 is 44.4 Å². The number of carbonyl (C=O) groups excluding carboxylic acids is 1. The number of fused-ring (bicyclic) bond motifs is 1. The number of thiazole rings is 1. The Bertz CT molecular complexity index is 1230. The van der Waals surface area contributed by atoms with Crippen molar-refractivity contribution < 1.29 is 13.6 Å². The van der Waals surface area contributed by atoms with Gasteiger partial charge in [-0.3, -0.25) is 14.7 Å². The van der Waals surface area contributed by atoms with Gasteiger partial charge in [0.15, 0.2) is 10.9 Å². The first-order valence-electron chi connectivity index (χ1n) is 10.1. The van der Waals surface area contributed by atoms with Crippen molar-refractivity contribution in [3.8, 4) is 0 Å². The van der Waals surface area contributed by atoms with Crippen LogP contribution in [-0.2, 0) is 17.8 Å². The van der Waals surface area contributed by atoms with E-state index in [-0.39, 0.29) is 24.4 Å². The van der Waals surface area contributed by atoms with Crippen molar-refractivity contribution in [2.75, 3.05) is 4.90 Å². The molecule has 2 aromatic carbocycles. The molecule has 0 spiro atoms. The van der Waals surface area contributed by atoms with Crippen LogP contribution in [0.25, 0.3) is 10.2 Å². The number of nitrogens with zero attached hydrogens (tertiary/aromatic N) is 3. The maximum absolute atomic E-state index is 14.2. The SMILES string of the molecule is CC(C)Sc1ccc(CC(=O)N(Cc2cccnc2)c2nc3c(F)cc(F)cc3s2)cc1. The summed E-state index contributed by atoms with van der Waals surface area (Å²) in [6.45, 7) is 4.49. The second-order valence-corrected chi connectivity index (χ2v) is 10.2. The third kappa shape index (κ3) is 5.31. The lowest BCUT2D eigenvalue weighted by Gasteiger charge is -2.20. The molecule has 2 aromatic heterocycles. The molecular formula is C24H21F2N3OS2. The minimum Gasteiger partial charge on any atom is -0.283 e. The molecule has 164 valence electrons. The smallest absolute Gasteiger partial charge is 0.233 e. The molecule has 0 saturated carbocycles. The Kier molecular flexibility index (Phi) is 6.81. The van der Waals surface area contributed by atoms with Gasteiger partial charge in [0.1, 0.15) is 11.3 Å². The summed E-state index contributed by atoms with van der Waals surface area (Å²) in [5, 5.41) is 0.798. The monoisotopic (exact) mass is 469 g/mol. The van der Waals surface area contributed by atoms with Gasteiger partial charge in [0.05, 0.1) is 17.7 Å². The Morgan fingerprint density at radius 3 is 2.59 bits per heavy atom. The van der Waals surface area contributed by atoms with Gasteiger partial charge >= 0.3 is 0 Å². The minimum absolute atomic E-state index is 0.0606. The van der Waals surface area contributed by atoms with Gasteiger partial charge in [0, 0.05) is 28.6 Å². The van der Waals surface area contributed by atoms with Gasteiger partial charge in [-0.15, -0.1) is 11.8 Å². The van der Waals surface area contributed by atoms with E-state index in [1.165, 1.54) is 11.0 Å². The van der Waals surface area contributed by atoms with E-state index in [4.69, 9.17) is 0 Å². The van der Waals surface area contributed by atoms with E-state index in [2.05, 4.69) is 23.8 Å². The second kappa shape index (κ2) is 9.75. The topological polar surface area (TPSA) is 46.1 Å². The molecule has 4 aromatic rings. The molecule has 4 rings (SSSR count). The van der Waals surface area contributed by atoms with Crippen LogP contribution >= 0.6 is 23.1 Å². The third-order valence-corrected chi connectivity index (χ3v) is 6.69. The highest BCUT2D eigenvalue weighted by atomic mass is 32.2. The van der Waals surface area contributed by atoms with Crippen LogP contribution in [0.4, 0.5) is 13.9 Å². The van der Waals surface area contributed by atoms with Crippen LogP contribution in [0, 0.1) is 11.6 Å². The Labute approximate surface area is 193 Å². The minimum atomic E-state index is -0.741. The molecule has 4 nitrogen and oxygen atoms in total. The average molecular weight is 470 g/mol. The van der Waals surface area contributed by atoms with E-state index in [1.54, 1.807) is 30.2 Å². The molecule has 0 radical (unpaired) electrons. The second-order valence-electron chi connectivity index (χ2n) is 7.56. The van der Waals surface area contributed by atoms with Gasteiger partial charge in [-0.05, 0) is 35.4 Å². The summed E-state index contributed by atoms with van der Waals surface area (Å²) < 4.78 is 28.2. The highest BCUT2D eigenvalue weighted by Crippen LogP contribution is 2.32. The quantitative estimate of drug-likeness (QED) is 0.300. The fourth-order valence-corrected chi connectivity index (χ4v) is 5.08. The number of amides is 1. The number of thioether (sulfide) groups is 1. The zero-order valence-electron chi connectivity index (χ0n) is 17.6. The molecule has 0 atom stereocenters. The van der Waals surface area contributed by atoms with E-state index >= 15 is 0 Å². The van der Waals surface area contributed by atoms with Gasteiger partial charge in [0.2, 0.25) is 5.91 Å². The van der Waals surface area contributed by atoms with Crippen molar-refractivity contribution in [3.05, 3.63) is 83.7 Å². The summed E-state index contributed by atoms with van der Waals surface area (Å²) in [6.07, 6.45) is 3.49. The van der Waals surface area contributed by atoms with Crippen LogP contribution in [0.2, 0.25) is 0 Å². The number of rotatable bonds is 7. The number of aromatic nitrogens is 2. The van der Waals surface area contributed by atoms with E-state index in [9.17, 15) is 13.6 Å². The van der Waals surface area contributed by atoms with Crippen LogP contribution < -0.4 is 4.90 Å². The van der Waals surface area contributed by atoms with Gasteiger partial charge in [-0.25, -0.2) is 13.8 Å². The van der Waals surface area contributed by atoms with Crippen LogP contribution in [0.3, 0.4) is 0 Å². The Hall–Kier alpha value is -2.84. The number of anilines is 1. The summed E-state index contributed by atoms with van der Waals surface area (Å²) in [6, 6.07) is 13.6. The van der Waals surface area contributed by atoms with Crippen LogP contribution in [-0.4, -0.2) is 21.1 Å². The molecule has 2 heterocycles. The van der Waals surface area contributed by atoms with Crippen molar-refractivity contribution in [1.82, 2.24) is 9.97 Å².